The number of hydrogen-bond acceptors (Lipinski definition) is 3. The number of amides is 2. The van der Waals surface area contributed by atoms with Crippen molar-refractivity contribution in [2.24, 2.45) is 11.8 Å². The highest BCUT2D eigenvalue weighted by atomic mass is 35.5. The van der Waals surface area contributed by atoms with E-state index in [0.717, 1.165) is 11.3 Å². The lowest BCUT2D eigenvalue weighted by molar-refractivity contribution is -0.135. The van der Waals surface area contributed by atoms with E-state index in [4.69, 9.17) is 11.6 Å². The van der Waals surface area contributed by atoms with Crippen molar-refractivity contribution in [3.63, 3.8) is 0 Å². The first kappa shape index (κ1) is 23.7. The van der Waals surface area contributed by atoms with Crippen molar-refractivity contribution in [3.8, 4) is 0 Å². The van der Waals surface area contributed by atoms with Gasteiger partial charge in [0.15, 0.2) is 0 Å². The van der Waals surface area contributed by atoms with Gasteiger partial charge in [0.2, 0.25) is 5.91 Å². The molecule has 1 N–H and O–H groups in total. The molecule has 2 amide bonds. The summed E-state index contributed by atoms with van der Waals surface area (Å²) in [6.45, 7) is 9.21. The molecule has 6 heteroatoms. The Balaban J connectivity index is 2.34. The molecule has 0 unspecified atom stereocenters. The molecular weight excluding hydrogens is 398 g/mol. The lowest BCUT2D eigenvalue weighted by atomic mass is 10.1. The second kappa shape index (κ2) is 10.5. The zero-order chi connectivity index (χ0) is 22.4. The number of hydrogen-bond donors (Lipinski definition) is 1. The summed E-state index contributed by atoms with van der Waals surface area (Å²) in [7, 11) is 3.94. The predicted molar refractivity (Wildman–Crippen MR) is 125 cm³/mol. The Morgan fingerprint density at radius 2 is 1.70 bits per heavy atom. The summed E-state index contributed by atoms with van der Waals surface area (Å²) in [5.74, 6) is 0.147. The minimum Gasteiger partial charge on any atom is -0.377 e. The van der Waals surface area contributed by atoms with E-state index in [9.17, 15) is 9.59 Å². The van der Waals surface area contributed by atoms with Crippen molar-refractivity contribution in [2.75, 3.05) is 30.9 Å². The van der Waals surface area contributed by atoms with Crippen molar-refractivity contribution in [1.29, 1.82) is 0 Å². The van der Waals surface area contributed by atoms with Crippen LogP contribution in [0.3, 0.4) is 0 Å². The maximum Gasteiger partial charge on any atom is 0.257 e. The van der Waals surface area contributed by atoms with Crippen molar-refractivity contribution in [1.82, 2.24) is 4.90 Å². The van der Waals surface area contributed by atoms with E-state index < -0.39 is 0 Å². The van der Waals surface area contributed by atoms with Gasteiger partial charge in [-0.25, -0.2) is 0 Å². The summed E-state index contributed by atoms with van der Waals surface area (Å²) >= 11 is 6.15. The van der Waals surface area contributed by atoms with Crippen LogP contribution in [0.1, 0.15) is 43.6 Å². The monoisotopic (exact) mass is 429 g/mol. The first-order chi connectivity index (χ1) is 14.1. The molecule has 0 saturated carbocycles. The molecule has 5 nitrogen and oxygen atoms in total. The van der Waals surface area contributed by atoms with E-state index in [1.165, 1.54) is 0 Å². The van der Waals surface area contributed by atoms with Crippen LogP contribution in [0.15, 0.2) is 42.5 Å². The molecule has 0 atom stereocenters. The van der Waals surface area contributed by atoms with Gasteiger partial charge in [-0.1, -0.05) is 51.4 Å². The second-order valence-corrected chi connectivity index (χ2v) is 8.85. The van der Waals surface area contributed by atoms with Crippen LogP contribution in [-0.2, 0) is 11.3 Å². The number of carbonyl (C=O) groups excluding carboxylic acids is 2. The predicted octanol–water partition coefficient (Wildman–Crippen LogP) is 5.30. The molecule has 0 saturated heterocycles. The Labute approximate surface area is 185 Å². The fraction of sp³-hybridized carbons (Fsp3) is 0.417. The molecule has 0 spiro atoms. The van der Waals surface area contributed by atoms with Crippen LogP contribution in [0.5, 0.6) is 0 Å². The maximum atomic E-state index is 12.8. The summed E-state index contributed by atoms with van der Waals surface area (Å²) in [5, 5.41) is 3.33. The van der Waals surface area contributed by atoms with Gasteiger partial charge in [0, 0.05) is 44.5 Å². The molecule has 0 aliphatic rings. The highest BCUT2D eigenvalue weighted by molar-refractivity contribution is 6.34. The molecule has 2 aromatic rings. The number of halogens is 1. The molecule has 0 aliphatic carbocycles. The molecule has 0 radical (unpaired) electrons. The Hall–Kier alpha value is -2.53. The molecule has 2 rings (SSSR count). The maximum absolute atomic E-state index is 12.8. The topological polar surface area (TPSA) is 52.7 Å². The lowest BCUT2D eigenvalue weighted by Crippen LogP contribution is -2.36. The third kappa shape index (κ3) is 6.23. The van der Waals surface area contributed by atoms with Gasteiger partial charge in [-0.3, -0.25) is 9.59 Å². The zero-order valence-electron chi connectivity index (χ0n) is 18.7. The van der Waals surface area contributed by atoms with Crippen LogP contribution in [0.25, 0.3) is 0 Å². The van der Waals surface area contributed by atoms with Crippen LogP contribution < -0.4 is 10.2 Å². The SMILES string of the molecule is CC(C)CN(Cc1cc(NC(=O)c2ccccc2Cl)ccc1N(C)C)C(=O)C(C)C. The van der Waals surface area contributed by atoms with Gasteiger partial charge in [0.25, 0.3) is 5.91 Å². The lowest BCUT2D eigenvalue weighted by Gasteiger charge is -2.29. The molecule has 0 aliphatic heterocycles. The Kier molecular flexibility index (Phi) is 8.30. The fourth-order valence-corrected chi connectivity index (χ4v) is 3.54. The summed E-state index contributed by atoms with van der Waals surface area (Å²) in [6.07, 6.45) is 0. The largest absolute Gasteiger partial charge is 0.377 e. The van der Waals surface area contributed by atoms with Crippen molar-refractivity contribution in [3.05, 3.63) is 58.6 Å². The first-order valence-corrected chi connectivity index (χ1v) is 10.6. The minimum atomic E-state index is -0.263. The van der Waals surface area contributed by atoms with E-state index in [0.29, 0.717) is 35.3 Å². The van der Waals surface area contributed by atoms with E-state index in [1.54, 1.807) is 24.3 Å². The summed E-state index contributed by atoms with van der Waals surface area (Å²) < 4.78 is 0. The van der Waals surface area contributed by atoms with Crippen LogP contribution in [0.2, 0.25) is 5.02 Å². The van der Waals surface area contributed by atoms with Gasteiger partial charge in [-0.15, -0.1) is 0 Å². The number of rotatable bonds is 8. The number of nitrogens with zero attached hydrogens (tertiary/aromatic N) is 2. The minimum absolute atomic E-state index is 0.0744. The zero-order valence-corrected chi connectivity index (χ0v) is 19.5. The number of carbonyl (C=O) groups is 2. The highest BCUT2D eigenvalue weighted by Crippen LogP contribution is 2.26. The molecule has 30 heavy (non-hydrogen) atoms. The molecule has 0 heterocycles. The van der Waals surface area contributed by atoms with Crippen molar-refractivity contribution in [2.45, 2.75) is 34.2 Å². The molecule has 0 bridgehead atoms. The van der Waals surface area contributed by atoms with Gasteiger partial charge in [0.1, 0.15) is 0 Å². The quantitative estimate of drug-likeness (QED) is 0.619. The molecule has 162 valence electrons. The number of anilines is 2. The molecule has 2 aromatic carbocycles. The average molecular weight is 430 g/mol. The van der Waals surface area contributed by atoms with Crippen LogP contribution in [-0.4, -0.2) is 37.4 Å². The van der Waals surface area contributed by atoms with Gasteiger partial charge in [-0.2, -0.15) is 0 Å². The Bertz CT molecular complexity index is 894. The first-order valence-electron chi connectivity index (χ1n) is 10.2. The third-order valence-electron chi connectivity index (χ3n) is 4.69. The van der Waals surface area contributed by atoms with E-state index in [1.807, 2.05) is 55.9 Å². The molecule has 0 aromatic heterocycles. The Morgan fingerprint density at radius 1 is 1.03 bits per heavy atom. The Morgan fingerprint density at radius 3 is 2.27 bits per heavy atom. The summed E-state index contributed by atoms with van der Waals surface area (Å²) in [5.41, 5.74) is 3.08. The van der Waals surface area contributed by atoms with E-state index in [2.05, 4.69) is 19.2 Å². The number of nitrogens with one attached hydrogen (secondary N) is 1. The third-order valence-corrected chi connectivity index (χ3v) is 5.02. The van der Waals surface area contributed by atoms with Crippen LogP contribution in [0.4, 0.5) is 11.4 Å². The summed E-state index contributed by atoms with van der Waals surface area (Å²) in [4.78, 5) is 29.4. The van der Waals surface area contributed by atoms with Gasteiger partial charge in [-0.05, 0) is 41.8 Å². The van der Waals surface area contributed by atoms with Gasteiger partial charge in [0.05, 0.1) is 10.6 Å². The van der Waals surface area contributed by atoms with Crippen LogP contribution >= 0.6 is 11.6 Å². The second-order valence-electron chi connectivity index (χ2n) is 8.44. The fourth-order valence-electron chi connectivity index (χ4n) is 3.31. The summed E-state index contributed by atoms with van der Waals surface area (Å²) in [6, 6.07) is 12.7. The van der Waals surface area contributed by atoms with Gasteiger partial charge < -0.3 is 15.1 Å². The van der Waals surface area contributed by atoms with E-state index in [-0.39, 0.29) is 17.7 Å². The molecular formula is C24H32ClN3O2. The van der Waals surface area contributed by atoms with Gasteiger partial charge >= 0.3 is 0 Å². The normalized spacial score (nSPS) is 11.0. The van der Waals surface area contributed by atoms with Crippen molar-refractivity contribution >= 4 is 34.8 Å². The average Bonchev–Trinajstić information content (AvgIpc) is 2.66. The smallest absolute Gasteiger partial charge is 0.257 e. The highest BCUT2D eigenvalue weighted by Gasteiger charge is 2.20. The van der Waals surface area contributed by atoms with Crippen LogP contribution in [0, 0.1) is 11.8 Å². The molecule has 0 fully saturated rings. The van der Waals surface area contributed by atoms with E-state index >= 15 is 0 Å². The number of benzene rings is 2. The standard InChI is InChI=1S/C24H32ClN3O2/c1-16(2)14-28(24(30)17(3)4)15-18-13-19(11-12-22(18)27(5)6)26-23(29)20-9-7-8-10-21(20)25/h7-13,16-17H,14-15H2,1-6H3,(H,26,29). The van der Waals surface area contributed by atoms with Crippen molar-refractivity contribution < 1.29 is 9.59 Å².